The number of carbonyl (C=O) groups excluding carboxylic acids is 1. The van der Waals surface area contributed by atoms with Gasteiger partial charge in [-0.2, -0.15) is 11.8 Å². The Balaban J connectivity index is 0.00000225. The molecule has 0 aliphatic carbocycles. The fraction of sp³-hybridized carbons (Fsp3) is 0.909. The molecule has 0 aromatic rings. The highest BCUT2D eigenvalue weighted by atomic mass is 35.5. The van der Waals surface area contributed by atoms with Gasteiger partial charge in [0.05, 0.1) is 0 Å². The molecular formula is C11H23ClN2OS. The van der Waals surface area contributed by atoms with E-state index in [1.54, 1.807) is 11.8 Å². The van der Waals surface area contributed by atoms with Crippen molar-refractivity contribution in [3.8, 4) is 0 Å². The summed E-state index contributed by atoms with van der Waals surface area (Å²) in [5, 5.41) is 0. The van der Waals surface area contributed by atoms with Crippen LogP contribution in [0, 0.1) is 5.92 Å². The summed E-state index contributed by atoms with van der Waals surface area (Å²) in [6.45, 7) is 3.75. The Labute approximate surface area is 109 Å². The van der Waals surface area contributed by atoms with E-state index < -0.39 is 0 Å². The molecule has 0 radical (unpaired) electrons. The van der Waals surface area contributed by atoms with E-state index in [9.17, 15) is 4.79 Å². The molecule has 3 nitrogen and oxygen atoms in total. The van der Waals surface area contributed by atoms with Gasteiger partial charge in [0.2, 0.25) is 5.91 Å². The number of hydrogen-bond donors (Lipinski definition) is 1. The zero-order valence-electron chi connectivity index (χ0n) is 10.1. The van der Waals surface area contributed by atoms with Gasteiger partial charge in [0.15, 0.2) is 0 Å². The number of hydrogen-bond acceptors (Lipinski definition) is 3. The molecule has 1 fully saturated rings. The smallest absolute Gasteiger partial charge is 0.223 e. The van der Waals surface area contributed by atoms with Crippen LogP contribution in [0.4, 0.5) is 0 Å². The summed E-state index contributed by atoms with van der Waals surface area (Å²) in [5.74, 6) is 1.91. The van der Waals surface area contributed by atoms with E-state index in [1.165, 1.54) is 0 Å². The summed E-state index contributed by atoms with van der Waals surface area (Å²) in [5.41, 5.74) is 5.72. The number of nitrogens with two attached hydrogens (primary N) is 1. The summed E-state index contributed by atoms with van der Waals surface area (Å²) >= 11 is 1.72. The minimum absolute atomic E-state index is 0. The number of carbonyl (C=O) groups is 1. The Kier molecular flexibility index (Phi) is 8.24. The number of amides is 1. The Morgan fingerprint density at radius 2 is 2.25 bits per heavy atom. The topological polar surface area (TPSA) is 46.3 Å². The second kappa shape index (κ2) is 8.20. The molecule has 1 amide bonds. The van der Waals surface area contributed by atoms with Crippen molar-refractivity contribution in [1.29, 1.82) is 0 Å². The number of thioether (sulfide) groups is 1. The molecule has 1 saturated heterocycles. The zero-order chi connectivity index (χ0) is 11.3. The average molecular weight is 267 g/mol. The van der Waals surface area contributed by atoms with Crippen LogP contribution < -0.4 is 5.73 Å². The SMILES string of the molecule is CSCCC(=O)N1CCC(C)CC1CN.Cl. The number of likely N-dealkylation sites (tertiary alicyclic amines) is 1. The maximum absolute atomic E-state index is 11.9. The summed E-state index contributed by atoms with van der Waals surface area (Å²) < 4.78 is 0. The first-order chi connectivity index (χ1) is 7.19. The van der Waals surface area contributed by atoms with Gasteiger partial charge in [-0.05, 0) is 25.0 Å². The third-order valence-corrected chi connectivity index (χ3v) is 3.70. The van der Waals surface area contributed by atoms with Crippen LogP contribution in [0.3, 0.4) is 0 Å². The molecule has 1 heterocycles. The second-order valence-corrected chi connectivity index (χ2v) is 5.33. The fourth-order valence-electron chi connectivity index (χ4n) is 2.14. The van der Waals surface area contributed by atoms with E-state index >= 15 is 0 Å². The third-order valence-electron chi connectivity index (χ3n) is 3.09. The summed E-state index contributed by atoms with van der Waals surface area (Å²) in [7, 11) is 0. The maximum Gasteiger partial charge on any atom is 0.223 e. The van der Waals surface area contributed by atoms with Gasteiger partial charge in [0.25, 0.3) is 0 Å². The molecule has 1 rings (SSSR count). The maximum atomic E-state index is 11.9. The van der Waals surface area contributed by atoms with Crippen molar-refractivity contribution in [3.05, 3.63) is 0 Å². The number of rotatable bonds is 4. The Morgan fingerprint density at radius 1 is 1.56 bits per heavy atom. The molecule has 1 aliphatic rings. The molecular weight excluding hydrogens is 244 g/mol. The van der Waals surface area contributed by atoms with Crippen molar-refractivity contribution < 1.29 is 4.79 Å². The van der Waals surface area contributed by atoms with Gasteiger partial charge < -0.3 is 10.6 Å². The molecule has 0 spiro atoms. The lowest BCUT2D eigenvalue weighted by Crippen LogP contribution is -2.49. The van der Waals surface area contributed by atoms with Gasteiger partial charge in [0, 0.05) is 31.3 Å². The van der Waals surface area contributed by atoms with Crippen LogP contribution in [0.1, 0.15) is 26.2 Å². The van der Waals surface area contributed by atoms with Crippen molar-refractivity contribution in [1.82, 2.24) is 4.90 Å². The third kappa shape index (κ3) is 4.52. The molecule has 96 valence electrons. The van der Waals surface area contributed by atoms with Gasteiger partial charge in [-0.1, -0.05) is 6.92 Å². The van der Waals surface area contributed by atoms with Crippen LogP contribution in [0.15, 0.2) is 0 Å². The van der Waals surface area contributed by atoms with Gasteiger partial charge in [0.1, 0.15) is 0 Å². The highest BCUT2D eigenvalue weighted by Gasteiger charge is 2.28. The van der Waals surface area contributed by atoms with Gasteiger partial charge in [-0.15, -0.1) is 12.4 Å². The molecule has 2 N–H and O–H groups in total. The first-order valence-corrected chi connectivity index (χ1v) is 7.07. The predicted molar refractivity (Wildman–Crippen MR) is 73.2 cm³/mol. The van der Waals surface area contributed by atoms with Crippen LogP contribution >= 0.6 is 24.2 Å². The first-order valence-electron chi connectivity index (χ1n) is 5.67. The molecule has 2 atom stereocenters. The fourth-order valence-corrected chi connectivity index (χ4v) is 2.52. The minimum Gasteiger partial charge on any atom is -0.338 e. The molecule has 0 bridgehead atoms. The summed E-state index contributed by atoms with van der Waals surface area (Å²) in [4.78, 5) is 13.9. The number of nitrogens with zero attached hydrogens (tertiary/aromatic N) is 1. The first kappa shape index (κ1) is 16.1. The monoisotopic (exact) mass is 266 g/mol. The summed E-state index contributed by atoms with van der Waals surface area (Å²) in [6.07, 6.45) is 4.89. The van der Waals surface area contributed by atoms with Crippen LogP contribution in [-0.2, 0) is 4.79 Å². The highest BCUT2D eigenvalue weighted by Crippen LogP contribution is 2.22. The minimum atomic E-state index is 0. The van der Waals surface area contributed by atoms with Crippen molar-refractivity contribution in [2.24, 2.45) is 11.7 Å². The quantitative estimate of drug-likeness (QED) is 0.843. The lowest BCUT2D eigenvalue weighted by Gasteiger charge is -2.38. The molecule has 2 unspecified atom stereocenters. The zero-order valence-corrected chi connectivity index (χ0v) is 11.8. The van der Waals surface area contributed by atoms with Crippen LogP contribution in [-0.4, -0.2) is 41.9 Å². The van der Waals surface area contributed by atoms with Crippen molar-refractivity contribution in [2.75, 3.05) is 25.1 Å². The Morgan fingerprint density at radius 3 is 2.81 bits per heavy atom. The molecule has 0 saturated carbocycles. The Hall–Kier alpha value is 0.0700. The number of piperidine rings is 1. The number of halogens is 1. The van der Waals surface area contributed by atoms with E-state index in [2.05, 4.69) is 6.92 Å². The largest absolute Gasteiger partial charge is 0.338 e. The van der Waals surface area contributed by atoms with E-state index in [0.29, 0.717) is 18.9 Å². The van der Waals surface area contributed by atoms with E-state index in [1.807, 2.05) is 11.2 Å². The predicted octanol–water partition coefficient (Wildman–Crippen LogP) is 1.75. The Bertz CT molecular complexity index is 216. The van der Waals surface area contributed by atoms with E-state index in [-0.39, 0.29) is 24.4 Å². The molecule has 0 aromatic heterocycles. The van der Waals surface area contributed by atoms with Gasteiger partial charge in [-0.25, -0.2) is 0 Å². The van der Waals surface area contributed by atoms with Crippen molar-refractivity contribution >= 4 is 30.1 Å². The molecule has 5 heteroatoms. The van der Waals surface area contributed by atoms with E-state index in [4.69, 9.17) is 5.73 Å². The summed E-state index contributed by atoms with van der Waals surface area (Å²) in [6, 6.07) is 0.281. The van der Waals surface area contributed by atoms with Crippen LogP contribution in [0.2, 0.25) is 0 Å². The molecule has 16 heavy (non-hydrogen) atoms. The molecule has 0 aromatic carbocycles. The molecule has 1 aliphatic heterocycles. The van der Waals surface area contributed by atoms with Gasteiger partial charge in [-0.3, -0.25) is 4.79 Å². The van der Waals surface area contributed by atoms with E-state index in [0.717, 1.165) is 25.1 Å². The second-order valence-electron chi connectivity index (χ2n) is 4.35. The van der Waals surface area contributed by atoms with Crippen LogP contribution in [0.25, 0.3) is 0 Å². The highest BCUT2D eigenvalue weighted by molar-refractivity contribution is 7.98. The van der Waals surface area contributed by atoms with Crippen molar-refractivity contribution in [2.45, 2.75) is 32.2 Å². The normalized spacial score (nSPS) is 25.1. The van der Waals surface area contributed by atoms with Crippen molar-refractivity contribution in [3.63, 3.8) is 0 Å². The lowest BCUT2D eigenvalue weighted by molar-refractivity contribution is -0.134. The average Bonchev–Trinajstić information content (AvgIpc) is 2.25. The lowest BCUT2D eigenvalue weighted by atomic mass is 9.92. The standard InChI is InChI=1S/C11H22N2OS.ClH/c1-9-3-5-13(10(7-9)8-12)11(14)4-6-15-2;/h9-10H,3-8,12H2,1-2H3;1H. The van der Waals surface area contributed by atoms with Crippen LogP contribution in [0.5, 0.6) is 0 Å². The van der Waals surface area contributed by atoms with Gasteiger partial charge >= 0.3 is 0 Å².